The van der Waals surface area contributed by atoms with Gasteiger partial charge in [0, 0.05) is 15.6 Å². The summed E-state index contributed by atoms with van der Waals surface area (Å²) >= 11 is 3.29. The Morgan fingerprint density at radius 2 is 1.81 bits per heavy atom. The minimum absolute atomic E-state index is 0.0107. The van der Waals surface area contributed by atoms with Crippen LogP contribution in [0.2, 0.25) is 0 Å². The molecule has 0 atom stereocenters. The Hall–Kier alpha value is -2.34. The van der Waals surface area contributed by atoms with Crippen molar-refractivity contribution in [1.29, 1.82) is 0 Å². The van der Waals surface area contributed by atoms with Crippen LogP contribution in [0.25, 0.3) is 0 Å². The van der Waals surface area contributed by atoms with Crippen molar-refractivity contribution in [2.24, 2.45) is 5.10 Å². The van der Waals surface area contributed by atoms with Gasteiger partial charge in [0.2, 0.25) is 0 Å². The highest BCUT2D eigenvalue weighted by molar-refractivity contribution is 9.10. The molecule has 0 radical (unpaired) electrons. The van der Waals surface area contributed by atoms with Crippen LogP contribution in [0.5, 0.6) is 11.5 Å². The minimum Gasteiger partial charge on any atom is -0.508 e. The lowest BCUT2D eigenvalue weighted by molar-refractivity contribution is 0.0955. The summed E-state index contributed by atoms with van der Waals surface area (Å²) in [5.41, 5.74) is 3.61. The molecule has 3 N–H and O–H groups in total. The summed E-state index contributed by atoms with van der Waals surface area (Å²) in [4.78, 5) is 11.9. The smallest absolute Gasteiger partial charge is 0.271 e. The van der Waals surface area contributed by atoms with E-state index in [-0.39, 0.29) is 17.4 Å². The van der Waals surface area contributed by atoms with Gasteiger partial charge in [-0.3, -0.25) is 4.79 Å². The number of hydrogen-bond acceptors (Lipinski definition) is 4. The van der Waals surface area contributed by atoms with Crippen LogP contribution >= 0.6 is 15.9 Å². The maximum absolute atomic E-state index is 11.9. The van der Waals surface area contributed by atoms with Crippen LogP contribution in [-0.2, 0) is 0 Å². The number of rotatable bonds is 3. The van der Waals surface area contributed by atoms with Crippen molar-refractivity contribution in [3.05, 3.63) is 58.1 Å². The van der Waals surface area contributed by atoms with Gasteiger partial charge in [0.05, 0.1) is 5.71 Å². The Morgan fingerprint density at radius 3 is 2.48 bits per heavy atom. The topological polar surface area (TPSA) is 81.9 Å². The lowest BCUT2D eigenvalue weighted by atomic mass is 10.1. The zero-order valence-corrected chi connectivity index (χ0v) is 12.8. The molecule has 0 spiro atoms. The third-order valence-corrected chi connectivity index (χ3v) is 3.33. The van der Waals surface area contributed by atoms with Crippen molar-refractivity contribution in [3.8, 4) is 11.5 Å². The molecule has 6 heteroatoms. The van der Waals surface area contributed by atoms with Gasteiger partial charge in [-0.2, -0.15) is 5.10 Å². The molecule has 0 fully saturated rings. The van der Waals surface area contributed by atoms with E-state index in [9.17, 15) is 15.0 Å². The van der Waals surface area contributed by atoms with Crippen LogP contribution in [0.3, 0.4) is 0 Å². The predicted molar refractivity (Wildman–Crippen MR) is 83.6 cm³/mol. The Labute approximate surface area is 130 Å². The monoisotopic (exact) mass is 348 g/mol. The molecule has 2 rings (SSSR count). The van der Waals surface area contributed by atoms with E-state index in [1.165, 1.54) is 18.2 Å². The zero-order valence-electron chi connectivity index (χ0n) is 11.2. The second-order valence-electron chi connectivity index (χ2n) is 4.35. The van der Waals surface area contributed by atoms with E-state index in [4.69, 9.17) is 0 Å². The molecule has 21 heavy (non-hydrogen) atoms. The zero-order chi connectivity index (χ0) is 15.4. The number of aromatic hydroxyl groups is 2. The van der Waals surface area contributed by atoms with E-state index in [1.54, 1.807) is 31.2 Å². The first-order valence-electron chi connectivity index (χ1n) is 6.10. The molecule has 1 amide bonds. The summed E-state index contributed by atoms with van der Waals surface area (Å²) in [6, 6.07) is 10.9. The normalized spacial score (nSPS) is 11.2. The standard InChI is InChI=1S/C15H13BrN2O3/c1-9(13-8-12(19)6-7-14(13)20)17-18-15(21)10-2-4-11(16)5-3-10/h2-8,19-20H,1H3,(H,18,21). The van der Waals surface area contributed by atoms with Gasteiger partial charge in [-0.05, 0) is 49.4 Å². The van der Waals surface area contributed by atoms with Crippen LogP contribution < -0.4 is 5.43 Å². The number of nitrogens with one attached hydrogen (secondary N) is 1. The molecular weight excluding hydrogens is 336 g/mol. The summed E-state index contributed by atoms with van der Waals surface area (Å²) in [6.07, 6.45) is 0. The predicted octanol–water partition coefficient (Wildman–Crippen LogP) is 3.01. The Morgan fingerprint density at radius 1 is 1.14 bits per heavy atom. The number of phenols is 2. The lowest BCUT2D eigenvalue weighted by Gasteiger charge is -2.06. The maximum Gasteiger partial charge on any atom is 0.271 e. The fourth-order valence-corrected chi connectivity index (χ4v) is 1.94. The number of amides is 1. The van der Waals surface area contributed by atoms with Crippen molar-refractivity contribution >= 4 is 27.5 Å². The molecule has 0 heterocycles. The molecule has 0 aliphatic rings. The number of hydrogen-bond donors (Lipinski definition) is 3. The second-order valence-corrected chi connectivity index (χ2v) is 5.26. The summed E-state index contributed by atoms with van der Waals surface area (Å²) < 4.78 is 0.878. The molecule has 0 saturated carbocycles. The van der Waals surface area contributed by atoms with Gasteiger partial charge in [-0.15, -0.1) is 0 Å². The van der Waals surface area contributed by atoms with Crippen molar-refractivity contribution in [2.75, 3.05) is 0 Å². The van der Waals surface area contributed by atoms with Crippen molar-refractivity contribution in [1.82, 2.24) is 5.43 Å². The maximum atomic E-state index is 11.9. The van der Waals surface area contributed by atoms with Crippen LogP contribution in [0, 0.1) is 0 Å². The summed E-state index contributed by atoms with van der Waals surface area (Å²) in [5, 5.41) is 23.0. The number of halogens is 1. The van der Waals surface area contributed by atoms with Crippen LogP contribution in [0.1, 0.15) is 22.8 Å². The van der Waals surface area contributed by atoms with Crippen molar-refractivity contribution in [3.63, 3.8) is 0 Å². The first-order valence-corrected chi connectivity index (χ1v) is 6.89. The van der Waals surface area contributed by atoms with E-state index < -0.39 is 0 Å². The van der Waals surface area contributed by atoms with Gasteiger partial charge in [-0.1, -0.05) is 15.9 Å². The number of nitrogens with zero attached hydrogens (tertiary/aromatic N) is 1. The molecule has 108 valence electrons. The van der Waals surface area contributed by atoms with Gasteiger partial charge in [0.1, 0.15) is 11.5 Å². The van der Waals surface area contributed by atoms with Crippen LogP contribution in [-0.4, -0.2) is 21.8 Å². The lowest BCUT2D eigenvalue weighted by Crippen LogP contribution is -2.19. The van der Waals surface area contributed by atoms with E-state index in [2.05, 4.69) is 26.5 Å². The van der Waals surface area contributed by atoms with Gasteiger partial charge in [0.25, 0.3) is 5.91 Å². The fourth-order valence-electron chi connectivity index (χ4n) is 1.67. The quantitative estimate of drug-likeness (QED) is 0.453. The molecule has 0 saturated heterocycles. The Balaban J connectivity index is 2.14. The van der Waals surface area contributed by atoms with Gasteiger partial charge in [0.15, 0.2) is 0 Å². The van der Waals surface area contributed by atoms with Gasteiger partial charge >= 0.3 is 0 Å². The molecule has 0 aliphatic heterocycles. The molecular formula is C15H13BrN2O3. The van der Waals surface area contributed by atoms with E-state index in [0.29, 0.717) is 16.8 Å². The van der Waals surface area contributed by atoms with E-state index >= 15 is 0 Å². The molecule has 5 nitrogen and oxygen atoms in total. The van der Waals surface area contributed by atoms with E-state index in [1.807, 2.05) is 0 Å². The fraction of sp³-hybridized carbons (Fsp3) is 0.0667. The number of carbonyl (C=O) groups excluding carboxylic acids is 1. The average Bonchev–Trinajstić information content (AvgIpc) is 2.47. The molecule has 2 aromatic rings. The number of hydrazone groups is 1. The van der Waals surface area contributed by atoms with Crippen LogP contribution in [0.15, 0.2) is 52.0 Å². The van der Waals surface area contributed by atoms with Crippen molar-refractivity contribution < 1.29 is 15.0 Å². The first kappa shape index (κ1) is 15.1. The average molecular weight is 349 g/mol. The molecule has 0 bridgehead atoms. The van der Waals surface area contributed by atoms with Gasteiger partial charge < -0.3 is 10.2 Å². The van der Waals surface area contributed by atoms with Gasteiger partial charge in [-0.25, -0.2) is 5.43 Å². The molecule has 0 aromatic heterocycles. The summed E-state index contributed by atoms with van der Waals surface area (Å²) in [7, 11) is 0. The highest BCUT2D eigenvalue weighted by atomic mass is 79.9. The summed E-state index contributed by atoms with van der Waals surface area (Å²) in [6.45, 7) is 1.62. The highest BCUT2D eigenvalue weighted by Crippen LogP contribution is 2.22. The minimum atomic E-state index is -0.360. The highest BCUT2D eigenvalue weighted by Gasteiger charge is 2.08. The second kappa shape index (κ2) is 6.41. The largest absolute Gasteiger partial charge is 0.508 e. The summed E-state index contributed by atoms with van der Waals surface area (Å²) in [5.74, 6) is -0.370. The molecule has 0 aliphatic carbocycles. The molecule has 2 aromatic carbocycles. The third kappa shape index (κ3) is 3.82. The number of carbonyl (C=O) groups is 1. The number of benzene rings is 2. The third-order valence-electron chi connectivity index (χ3n) is 2.80. The Kier molecular flexibility index (Phi) is 4.59. The SMILES string of the molecule is CC(=NNC(=O)c1ccc(Br)cc1)c1cc(O)ccc1O. The Bertz CT molecular complexity index is 697. The van der Waals surface area contributed by atoms with Crippen molar-refractivity contribution in [2.45, 2.75) is 6.92 Å². The molecule has 0 unspecified atom stereocenters. The van der Waals surface area contributed by atoms with E-state index in [0.717, 1.165) is 4.47 Å². The number of phenolic OH excluding ortho intramolecular Hbond substituents is 2. The first-order chi connectivity index (χ1) is 9.97. The van der Waals surface area contributed by atoms with Crippen LogP contribution in [0.4, 0.5) is 0 Å².